The van der Waals surface area contributed by atoms with Crippen molar-refractivity contribution in [3.63, 3.8) is 0 Å². The molecule has 4 aromatic carbocycles. The van der Waals surface area contributed by atoms with E-state index in [9.17, 15) is 0 Å². The predicted molar refractivity (Wildman–Crippen MR) is 168 cm³/mol. The maximum absolute atomic E-state index is 6.08. The van der Waals surface area contributed by atoms with Crippen LogP contribution >= 0.6 is 0 Å². The molecule has 0 spiro atoms. The van der Waals surface area contributed by atoms with Crippen LogP contribution in [0.25, 0.3) is 44.5 Å². The monoisotopic (exact) mass is 723 g/mol. The van der Waals surface area contributed by atoms with Crippen LogP contribution in [0.15, 0.2) is 126 Å². The average Bonchev–Trinajstić information content (AvgIpc) is 3.40. The van der Waals surface area contributed by atoms with Crippen molar-refractivity contribution >= 4 is 21.9 Å². The van der Waals surface area contributed by atoms with Crippen molar-refractivity contribution in [2.45, 2.75) is 26.7 Å². The number of aromatic nitrogens is 2. The molecule has 209 valence electrons. The molecule has 0 aliphatic carbocycles. The van der Waals surface area contributed by atoms with Crippen molar-refractivity contribution in [3.05, 3.63) is 156 Å². The molecule has 1 unspecified atom stereocenters. The van der Waals surface area contributed by atoms with Gasteiger partial charge in [0.1, 0.15) is 5.58 Å². The van der Waals surface area contributed by atoms with Crippen LogP contribution in [-0.4, -0.2) is 9.97 Å². The minimum atomic E-state index is 0. The van der Waals surface area contributed by atoms with Crippen molar-refractivity contribution in [3.8, 4) is 22.5 Å². The number of aryl methyl sites for hydroxylation is 2. The number of hydrogen-bond donors (Lipinski definition) is 0. The molecule has 0 saturated carbocycles. The third-order valence-electron chi connectivity index (χ3n) is 7.32. The Labute approximate surface area is 260 Å². The number of benzene rings is 4. The Bertz CT molecular complexity index is 1910. The molecule has 0 aliphatic heterocycles. The molecule has 0 aliphatic rings. The fourth-order valence-electron chi connectivity index (χ4n) is 5.01. The van der Waals surface area contributed by atoms with E-state index in [1.54, 1.807) is 0 Å². The molecule has 7 rings (SSSR count). The molecule has 0 amide bonds. The zero-order valence-corrected chi connectivity index (χ0v) is 26.2. The molecular formula is C38H30IrN2O-2. The van der Waals surface area contributed by atoms with E-state index in [0.717, 1.165) is 50.0 Å². The van der Waals surface area contributed by atoms with Gasteiger partial charge >= 0.3 is 0 Å². The van der Waals surface area contributed by atoms with Crippen LogP contribution in [-0.2, 0) is 20.1 Å². The van der Waals surface area contributed by atoms with Gasteiger partial charge in [0.05, 0.1) is 5.58 Å². The van der Waals surface area contributed by atoms with E-state index < -0.39 is 0 Å². The summed E-state index contributed by atoms with van der Waals surface area (Å²) >= 11 is 0. The van der Waals surface area contributed by atoms with E-state index in [0.29, 0.717) is 5.92 Å². The number of nitrogens with zero attached hydrogens (tertiary/aromatic N) is 2. The Morgan fingerprint density at radius 1 is 0.667 bits per heavy atom. The summed E-state index contributed by atoms with van der Waals surface area (Å²) in [5.74, 6) is 0.363. The van der Waals surface area contributed by atoms with E-state index in [-0.39, 0.29) is 20.1 Å². The normalized spacial score (nSPS) is 11.4. The van der Waals surface area contributed by atoms with Crippen molar-refractivity contribution < 1.29 is 24.5 Å². The summed E-state index contributed by atoms with van der Waals surface area (Å²) in [7, 11) is 0. The van der Waals surface area contributed by atoms with Crippen LogP contribution in [0.2, 0.25) is 0 Å². The number of rotatable bonds is 4. The Hall–Kier alpha value is -4.37. The smallest absolute Gasteiger partial charge is 0.121 e. The number of fused-ring (bicyclic) bond motifs is 3. The maximum atomic E-state index is 6.08. The van der Waals surface area contributed by atoms with E-state index in [1.807, 2.05) is 67.8 Å². The molecule has 42 heavy (non-hydrogen) atoms. The summed E-state index contributed by atoms with van der Waals surface area (Å²) in [6, 6.07) is 43.6. The van der Waals surface area contributed by atoms with Gasteiger partial charge < -0.3 is 14.4 Å². The van der Waals surface area contributed by atoms with Gasteiger partial charge in [-0.1, -0.05) is 78.5 Å². The molecule has 0 saturated heterocycles. The number of furan rings is 1. The SMILES string of the molecule is CC(c1ccccc1)c1ccnc(-c2[c-]cccc2)c1.Cc1ccc(-c2[c-]ccc3c2oc2cc(C)ccc23)nc1.[Ir]. The summed E-state index contributed by atoms with van der Waals surface area (Å²) in [5.41, 5.74) is 10.5. The Kier molecular flexibility index (Phi) is 9.07. The van der Waals surface area contributed by atoms with Gasteiger partial charge in [0.25, 0.3) is 0 Å². The number of pyridine rings is 2. The Morgan fingerprint density at radius 3 is 2.24 bits per heavy atom. The third-order valence-corrected chi connectivity index (χ3v) is 7.32. The molecule has 4 heteroatoms. The molecule has 7 aromatic rings. The van der Waals surface area contributed by atoms with Crippen molar-refractivity contribution in [2.24, 2.45) is 0 Å². The van der Waals surface area contributed by atoms with Crippen LogP contribution in [0.4, 0.5) is 0 Å². The topological polar surface area (TPSA) is 38.9 Å². The standard InChI is InChI=1S/C19H14NO.C19H16N.Ir/c1-12-6-8-14-15-4-3-5-16(19(15)21-18(14)10-12)17-9-7-13(2)11-20-17;1-15(16-8-4-2-5-9-16)18-12-13-20-19(14-18)17-10-6-3-7-11-17;/h3-4,6-11H,1-2H3;2-10,12-15H,1H3;/q2*-1;. The van der Waals surface area contributed by atoms with Crippen LogP contribution in [0.3, 0.4) is 0 Å². The first kappa shape index (κ1) is 29.1. The first-order chi connectivity index (χ1) is 20.1. The second kappa shape index (κ2) is 13.1. The van der Waals surface area contributed by atoms with Crippen LogP contribution in [0.1, 0.15) is 35.1 Å². The third kappa shape index (κ3) is 6.26. The Balaban J connectivity index is 0.000000164. The fraction of sp³-hybridized carbons (Fsp3) is 0.105. The Morgan fingerprint density at radius 2 is 1.48 bits per heavy atom. The van der Waals surface area contributed by atoms with Crippen LogP contribution in [0.5, 0.6) is 0 Å². The molecular weight excluding hydrogens is 693 g/mol. The second-order valence-corrected chi connectivity index (χ2v) is 10.3. The quantitative estimate of drug-likeness (QED) is 0.170. The molecule has 3 nitrogen and oxygen atoms in total. The van der Waals surface area contributed by atoms with Gasteiger partial charge in [-0.3, -0.25) is 0 Å². The number of hydrogen-bond acceptors (Lipinski definition) is 3. The summed E-state index contributed by atoms with van der Waals surface area (Å²) in [4.78, 5) is 8.95. The molecule has 0 bridgehead atoms. The maximum Gasteiger partial charge on any atom is 0.121 e. The van der Waals surface area contributed by atoms with Gasteiger partial charge in [-0.05, 0) is 59.6 Å². The van der Waals surface area contributed by atoms with E-state index in [2.05, 4.69) is 96.6 Å². The molecule has 1 atom stereocenters. The van der Waals surface area contributed by atoms with Gasteiger partial charge in [-0.15, -0.1) is 54.1 Å². The zero-order valence-electron chi connectivity index (χ0n) is 23.8. The molecule has 0 fully saturated rings. The van der Waals surface area contributed by atoms with Gasteiger partial charge in [-0.25, -0.2) is 0 Å². The molecule has 3 aromatic heterocycles. The fourth-order valence-corrected chi connectivity index (χ4v) is 5.01. The van der Waals surface area contributed by atoms with Gasteiger partial charge in [0.2, 0.25) is 0 Å². The second-order valence-electron chi connectivity index (χ2n) is 10.3. The minimum absolute atomic E-state index is 0. The largest absolute Gasteiger partial charge is 0.501 e. The van der Waals surface area contributed by atoms with E-state index in [4.69, 9.17) is 4.42 Å². The van der Waals surface area contributed by atoms with Crippen molar-refractivity contribution in [1.29, 1.82) is 0 Å². The van der Waals surface area contributed by atoms with E-state index in [1.165, 1.54) is 16.7 Å². The van der Waals surface area contributed by atoms with E-state index >= 15 is 0 Å². The molecule has 3 heterocycles. The first-order valence-corrected chi connectivity index (χ1v) is 13.8. The summed E-state index contributed by atoms with van der Waals surface area (Å²) in [6.07, 6.45) is 3.75. The molecule has 0 N–H and O–H groups in total. The van der Waals surface area contributed by atoms with Crippen molar-refractivity contribution in [1.82, 2.24) is 9.97 Å². The summed E-state index contributed by atoms with van der Waals surface area (Å²) < 4.78 is 6.08. The van der Waals surface area contributed by atoms with Gasteiger partial charge in [0, 0.05) is 43.8 Å². The van der Waals surface area contributed by atoms with Gasteiger partial charge in [0.15, 0.2) is 0 Å². The van der Waals surface area contributed by atoms with Crippen LogP contribution < -0.4 is 0 Å². The summed E-state index contributed by atoms with van der Waals surface area (Å²) in [5, 5.41) is 2.25. The van der Waals surface area contributed by atoms with Crippen LogP contribution in [0, 0.1) is 26.0 Å². The average molecular weight is 723 g/mol. The van der Waals surface area contributed by atoms with Crippen molar-refractivity contribution in [2.75, 3.05) is 0 Å². The van der Waals surface area contributed by atoms with Gasteiger partial charge in [-0.2, -0.15) is 0 Å². The minimum Gasteiger partial charge on any atom is -0.501 e. The predicted octanol–water partition coefficient (Wildman–Crippen LogP) is 9.76. The molecule has 1 radical (unpaired) electrons. The first-order valence-electron chi connectivity index (χ1n) is 13.8. The zero-order chi connectivity index (χ0) is 28.2. The summed E-state index contributed by atoms with van der Waals surface area (Å²) in [6.45, 7) is 6.33.